The molecule has 1 saturated carbocycles. The molecule has 1 aliphatic carbocycles. The van der Waals surface area contributed by atoms with Crippen molar-refractivity contribution in [1.82, 2.24) is 0 Å². The Morgan fingerprint density at radius 2 is 1.93 bits per heavy atom. The zero-order valence-corrected chi connectivity index (χ0v) is 7.84. The van der Waals surface area contributed by atoms with Crippen LogP contribution in [-0.4, -0.2) is 18.8 Å². The van der Waals surface area contributed by atoms with Gasteiger partial charge in [-0.1, -0.05) is 19.9 Å². The van der Waals surface area contributed by atoms with E-state index < -0.39 is 12.3 Å². The van der Waals surface area contributed by atoms with Gasteiger partial charge in [-0.25, -0.2) is 0 Å². The van der Waals surface area contributed by atoms with Gasteiger partial charge in [0.2, 0.25) is 0 Å². The molecule has 1 fully saturated rings. The molecule has 80 valence electrons. The highest BCUT2D eigenvalue weighted by Gasteiger charge is 2.59. The average Bonchev–Trinajstić information content (AvgIpc) is 2.49. The molecule has 1 aliphatic rings. The van der Waals surface area contributed by atoms with E-state index in [4.69, 9.17) is 0 Å². The maximum Gasteiger partial charge on any atom is 0.409 e. The van der Waals surface area contributed by atoms with Crippen molar-refractivity contribution in [3.8, 4) is 0 Å². The minimum atomic E-state index is -4.30. The Bertz CT molecular complexity index is 255. The third-order valence-corrected chi connectivity index (χ3v) is 2.50. The molecular weight excluding hydrogens is 197 g/mol. The first-order valence-corrected chi connectivity index (χ1v) is 4.14. The highest BCUT2D eigenvalue weighted by atomic mass is 19.4. The summed E-state index contributed by atoms with van der Waals surface area (Å²) in [7, 11) is 0. The third-order valence-electron chi connectivity index (χ3n) is 2.50. The fraction of sp³-hybridized carbons (Fsp3) is 0.667. The Kier molecular flexibility index (Phi) is 2.61. The minimum Gasteiger partial charge on any atom is -0.463 e. The summed E-state index contributed by atoms with van der Waals surface area (Å²) in [4.78, 5) is 10.0. The molecule has 1 rings (SSSR count). The monoisotopic (exact) mass is 208 g/mol. The fourth-order valence-electron chi connectivity index (χ4n) is 1.51. The third kappa shape index (κ3) is 2.27. The van der Waals surface area contributed by atoms with Gasteiger partial charge in [0.1, 0.15) is 6.10 Å². The van der Waals surface area contributed by atoms with E-state index in [0.717, 1.165) is 6.08 Å². The lowest BCUT2D eigenvalue weighted by molar-refractivity contribution is -0.130. The van der Waals surface area contributed by atoms with Crippen LogP contribution in [0.1, 0.15) is 13.8 Å². The molecule has 0 aromatic rings. The van der Waals surface area contributed by atoms with Crippen molar-refractivity contribution >= 4 is 6.47 Å². The number of carbonyl (C=O) groups is 1. The van der Waals surface area contributed by atoms with Crippen LogP contribution in [0.25, 0.3) is 0 Å². The number of hydrogen-bond donors (Lipinski definition) is 0. The number of hydrogen-bond acceptors (Lipinski definition) is 2. The molecule has 14 heavy (non-hydrogen) atoms. The molecule has 0 N–H and O–H groups in total. The predicted molar refractivity (Wildman–Crippen MR) is 43.4 cm³/mol. The van der Waals surface area contributed by atoms with Gasteiger partial charge in [0.05, 0.1) is 0 Å². The molecule has 0 aliphatic heterocycles. The molecule has 5 heteroatoms. The number of ether oxygens (including phenoxy) is 1. The van der Waals surface area contributed by atoms with Crippen molar-refractivity contribution in [2.75, 3.05) is 0 Å². The molecule has 0 amide bonds. The van der Waals surface area contributed by atoms with Crippen LogP contribution in [0.2, 0.25) is 0 Å². The van der Waals surface area contributed by atoms with E-state index >= 15 is 0 Å². The highest BCUT2D eigenvalue weighted by molar-refractivity contribution is 5.40. The summed E-state index contributed by atoms with van der Waals surface area (Å²) in [6, 6.07) is 0. The van der Waals surface area contributed by atoms with Crippen LogP contribution >= 0.6 is 0 Å². The lowest BCUT2D eigenvalue weighted by Gasteiger charge is -1.98. The summed E-state index contributed by atoms with van der Waals surface area (Å²) in [5.74, 6) is -0.339. The van der Waals surface area contributed by atoms with E-state index in [1.54, 1.807) is 13.8 Å². The number of rotatable bonds is 3. The van der Waals surface area contributed by atoms with Crippen molar-refractivity contribution in [3.63, 3.8) is 0 Å². The van der Waals surface area contributed by atoms with Crippen LogP contribution in [0.5, 0.6) is 0 Å². The average molecular weight is 208 g/mol. The van der Waals surface area contributed by atoms with Crippen molar-refractivity contribution in [2.45, 2.75) is 26.1 Å². The van der Waals surface area contributed by atoms with E-state index in [2.05, 4.69) is 4.74 Å². The van der Waals surface area contributed by atoms with Gasteiger partial charge in [0.15, 0.2) is 0 Å². The topological polar surface area (TPSA) is 26.3 Å². The molecule has 0 heterocycles. The Morgan fingerprint density at radius 3 is 2.36 bits per heavy atom. The number of halogens is 3. The second-order valence-electron chi connectivity index (χ2n) is 3.90. The van der Waals surface area contributed by atoms with Gasteiger partial charge in [-0.2, -0.15) is 13.2 Å². The quantitative estimate of drug-likeness (QED) is 0.525. The van der Waals surface area contributed by atoms with Gasteiger partial charge < -0.3 is 4.74 Å². The molecule has 0 aromatic heterocycles. The Balaban J connectivity index is 2.57. The van der Waals surface area contributed by atoms with Crippen LogP contribution in [0.4, 0.5) is 13.2 Å². The summed E-state index contributed by atoms with van der Waals surface area (Å²) >= 11 is 0. The minimum absolute atomic E-state index is 0.188. The maximum absolute atomic E-state index is 11.8. The predicted octanol–water partition coefficient (Wildman–Crippen LogP) is 2.30. The molecule has 2 unspecified atom stereocenters. The fourth-order valence-corrected chi connectivity index (χ4v) is 1.51. The smallest absolute Gasteiger partial charge is 0.409 e. The summed E-state index contributed by atoms with van der Waals surface area (Å²) in [6.07, 6.45) is -3.50. The van der Waals surface area contributed by atoms with Crippen LogP contribution in [0.15, 0.2) is 12.2 Å². The van der Waals surface area contributed by atoms with E-state index in [0.29, 0.717) is 0 Å². The van der Waals surface area contributed by atoms with Gasteiger partial charge in [-0.05, 0) is 0 Å². The SMILES string of the molecule is CC1(C)C(/C=C/C(F)(F)F)C1OC=O. The molecule has 2 atom stereocenters. The van der Waals surface area contributed by atoms with Crippen LogP contribution in [0, 0.1) is 11.3 Å². The van der Waals surface area contributed by atoms with E-state index in [-0.39, 0.29) is 23.9 Å². The summed E-state index contributed by atoms with van der Waals surface area (Å²) < 4.78 is 40.1. The van der Waals surface area contributed by atoms with Crippen molar-refractivity contribution < 1.29 is 22.7 Å². The lowest BCUT2D eigenvalue weighted by Crippen LogP contribution is -2.01. The first-order chi connectivity index (χ1) is 6.29. The molecule has 0 bridgehead atoms. The van der Waals surface area contributed by atoms with Crippen molar-refractivity contribution in [1.29, 1.82) is 0 Å². The largest absolute Gasteiger partial charge is 0.463 e. The lowest BCUT2D eigenvalue weighted by atomic mass is 10.1. The van der Waals surface area contributed by atoms with Gasteiger partial charge in [0, 0.05) is 17.4 Å². The first kappa shape index (κ1) is 11.1. The maximum atomic E-state index is 11.8. The van der Waals surface area contributed by atoms with E-state index in [9.17, 15) is 18.0 Å². The normalized spacial score (nSPS) is 30.4. The van der Waals surface area contributed by atoms with Crippen LogP contribution < -0.4 is 0 Å². The molecule has 0 radical (unpaired) electrons. The molecule has 0 aromatic carbocycles. The highest BCUT2D eigenvalue weighted by Crippen LogP contribution is 2.54. The summed E-state index contributed by atoms with van der Waals surface area (Å²) in [5, 5.41) is 0. The second-order valence-corrected chi connectivity index (χ2v) is 3.90. The zero-order valence-electron chi connectivity index (χ0n) is 7.84. The summed E-state index contributed by atoms with van der Waals surface area (Å²) in [6.45, 7) is 3.78. The second kappa shape index (κ2) is 3.29. The Labute approximate surface area is 79.7 Å². The van der Waals surface area contributed by atoms with Crippen molar-refractivity contribution in [3.05, 3.63) is 12.2 Å². The first-order valence-electron chi connectivity index (χ1n) is 4.14. The Morgan fingerprint density at radius 1 is 1.36 bits per heavy atom. The number of allylic oxidation sites excluding steroid dienone is 1. The number of carbonyl (C=O) groups excluding carboxylic acids is 1. The summed E-state index contributed by atoms with van der Waals surface area (Å²) in [5.41, 5.74) is -0.386. The van der Waals surface area contributed by atoms with E-state index in [1.165, 1.54) is 0 Å². The van der Waals surface area contributed by atoms with Gasteiger partial charge >= 0.3 is 6.18 Å². The molecule has 0 spiro atoms. The van der Waals surface area contributed by atoms with Crippen LogP contribution in [0.3, 0.4) is 0 Å². The van der Waals surface area contributed by atoms with Crippen LogP contribution in [-0.2, 0) is 9.53 Å². The standard InChI is InChI=1S/C9H11F3O2/c1-8(2)6(7(8)14-5-13)3-4-9(10,11)12/h3-7H,1-2H3/b4-3+. The van der Waals surface area contributed by atoms with Gasteiger partial charge in [-0.15, -0.1) is 0 Å². The van der Waals surface area contributed by atoms with E-state index in [1.807, 2.05) is 0 Å². The van der Waals surface area contributed by atoms with Crippen molar-refractivity contribution in [2.24, 2.45) is 11.3 Å². The van der Waals surface area contributed by atoms with Gasteiger partial charge in [-0.3, -0.25) is 4.79 Å². The zero-order chi connectivity index (χ0) is 11.0. The van der Waals surface area contributed by atoms with Gasteiger partial charge in [0.25, 0.3) is 6.47 Å². The molecule has 2 nitrogen and oxygen atoms in total. The number of alkyl halides is 3. The molecule has 0 saturated heterocycles. The molecular formula is C9H11F3O2. The Hall–Kier alpha value is -1.00.